The fourth-order valence-corrected chi connectivity index (χ4v) is 3.30. The number of hydrogen-bond donors (Lipinski definition) is 1. The third-order valence-electron chi connectivity index (χ3n) is 2.72. The van der Waals surface area contributed by atoms with Gasteiger partial charge in [-0.15, -0.1) is 0 Å². The van der Waals surface area contributed by atoms with Crippen molar-refractivity contribution in [3.63, 3.8) is 0 Å². The summed E-state index contributed by atoms with van der Waals surface area (Å²) < 4.78 is 36.1. The summed E-state index contributed by atoms with van der Waals surface area (Å²) >= 11 is 0. The normalized spacial score (nSPS) is 33.6. The number of nitrogens with one attached hydrogen (secondary N) is 1. The van der Waals surface area contributed by atoms with E-state index in [1.807, 2.05) is 0 Å². The quantitative estimate of drug-likeness (QED) is 0.612. The largest absolute Gasteiger partial charge is 0.752 e. The predicted octanol–water partition coefficient (Wildman–Crippen LogP) is 2.96. The highest BCUT2D eigenvalue weighted by Crippen LogP contribution is 2.46. The standard InChI is InChI=1S/C8H15NO5P2/c10-15-12-8(13-16(11)14-15)9-7-5-3-1-2-4-6-7/h7-9H,1-6H2/q+2. The molecular weight excluding hydrogens is 252 g/mol. The van der Waals surface area contributed by atoms with Crippen LogP contribution in [0.5, 0.6) is 0 Å². The summed E-state index contributed by atoms with van der Waals surface area (Å²) in [6, 6.07) is 0.275. The summed E-state index contributed by atoms with van der Waals surface area (Å²) in [4.78, 5) is 0. The van der Waals surface area contributed by atoms with Crippen molar-refractivity contribution in [2.75, 3.05) is 0 Å². The van der Waals surface area contributed by atoms with E-state index in [1.54, 1.807) is 0 Å². The van der Waals surface area contributed by atoms with Gasteiger partial charge < -0.3 is 0 Å². The molecule has 0 spiro atoms. The van der Waals surface area contributed by atoms with Crippen LogP contribution in [0.15, 0.2) is 0 Å². The van der Waals surface area contributed by atoms with Gasteiger partial charge in [-0.2, -0.15) is 0 Å². The Hall–Kier alpha value is 0.0400. The first-order valence-corrected chi connectivity index (χ1v) is 7.65. The van der Waals surface area contributed by atoms with E-state index < -0.39 is 22.9 Å². The highest BCUT2D eigenvalue weighted by atomic mass is 31.2. The Kier molecular flexibility index (Phi) is 4.77. The van der Waals surface area contributed by atoms with E-state index in [0.29, 0.717) is 0 Å². The lowest BCUT2D eigenvalue weighted by Gasteiger charge is -2.17. The third kappa shape index (κ3) is 3.81. The van der Waals surface area contributed by atoms with Gasteiger partial charge in [0.15, 0.2) is 4.31 Å². The molecule has 0 aromatic carbocycles. The average Bonchev–Trinajstić information content (AvgIpc) is 2.44. The molecule has 1 saturated heterocycles. The minimum Gasteiger partial charge on any atom is -0.258 e. The summed E-state index contributed by atoms with van der Waals surface area (Å²) in [5.41, 5.74) is 0. The first-order valence-electron chi connectivity index (χ1n) is 5.46. The fraction of sp³-hybridized carbons (Fsp3) is 1.00. The summed E-state index contributed by atoms with van der Waals surface area (Å²) in [7, 11) is -4.65. The average molecular weight is 267 g/mol. The minimum atomic E-state index is -2.33. The van der Waals surface area contributed by atoms with Crippen molar-refractivity contribution < 1.29 is 22.5 Å². The Morgan fingerprint density at radius 2 is 1.50 bits per heavy atom. The van der Waals surface area contributed by atoms with Crippen molar-refractivity contribution in [1.29, 1.82) is 0 Å². The molecule has 2 aliphatic rings. The van der Waals surface area contributed by atoms with Gasteiger partial charge in [-0.3, -0.25) is 5.32 Å². The van der Waals surface area contributed by atoms with Crippen LogP contribution in [0.25, 0.3) is 0 Å². The van der Waals surface area contributed by atoms with E-state index >= 15 is 0 Å². The number of hydrogen-bond acceptors (Lipinski definition) is 6. The maximum Gasteiger partial charge on any atom is 0.752 e. The number of rotatable bonds is 2. The molecule has 0 bridgehead atoms. The zero-order chi connectivity index (χ0) is 11.4. The SMILES string of the molecule is O=[P+]1OC(NC2CCCCCC2)O[P+](=O)O1. The Labute approximate surface area is 95.9 Å². The Bertz CT molecular complexity index is 264. The van der Waals surface area contributed by atoms with Gasteiger partial charge >= 0.3 is 22.9 Å². The third-order valence-corrected chi connectivity index (χ3v) is 4.52. The summed E-state index contributed by atoms with van der Waals surface area (Å²) in [6.45, 7) is 0. The zero-order valence-electron chi connectivity index (χ0n) is 8.83. The van der Waals surface area contributed by atoms with E-state index in [-0.39, 0.29) is 6.04 Å². The van der Waals surface area contributed by atoms with Crippen molar-refractivity contribution in [3.8, 4) is 0 Å². The topological polar surface area (TPSA) is 73.9 Å². The Morgan fingerprint density at radius 1 is 0.938 bits per heavy atom. The molecule has 0 radical (unpaired) electrons. The molecule has 1 aliphatic heterocycles. The molecule has 0 amide bonds. The molecular formula is C8H15NO5P2+2. The van der Waals surface area contributed by atoms with Crippen molar-refractivity contribution >= 4 is 16.5 Å². The lowest BCUT2D eigenvalue weighted by Crippen LogP contribution is -2.40. The van der Waals surface area contributed by atoms with Gasteiger partial charge in [-0.1, -0.05) is 34.7 Å². The van der Waals surface area contributed by atoms with Gasteiger partial charge in [-0.05, 0) is 12.8 Å². The molecule has 2 fully saturated rings. The fourth-order valence-electron chi connectivity index (χ4n) is 1.97. The van der Waals surface area contributed by atoms with Crippen molar-refractivity contribution in [1.82, 2.24) is 5.32 Å². The molecule has 1 heterocycles. The van der Waals surface area contributed by atoms with Crippen LogP contribution in [0, 0.1) is 0 Å². The van der Waals surface area contributed by atoms with Crippen molar-refractivity contribution in [3.05, 3.63) is 0 Å². The van der Waals surface area contributed by atoms with Crippen LogP contribution in [-0.4, -0.2) is 12.5 Å². The van der Waals surface area contributed by atoms with Gasteiger partial charge in [0.2, 0.25) is 0 Å². The van der Waals surface area contributed by atoms with Crippen LogP contribution in [0.1, 0.15) is 38.5 Å². The first kappa shape index (κ1) is 12.5. The highest BCUT2D eigenvalue weighted by Gasteiger charge is 2.52. The lowest BCUT2D eigenvalue weighted by atomic mass is 10.1. The highest BCUT2D eigenvalue weighted by molar-refractivity contribution is 7.48. The zero-order valence-corrected chi connectivity index (χ0v) is 10.6. The maximum absolute atomic E-state index is 11.0. The molecule has 8 heteroatoms. The molecule has 0 aromatic rings. The second kappa shape index (κ2) is 6.10. The molecule has 1 aliphatic carbocycles. The van der Waals surface area contributed by atoms with Crippen LogP contribution in [0.4, 0.5) is 0 Å². The Balaban J connectivity index is 1.83. The van der Waals surface area contributed by atoms with Gasteiger partial charge in [0.1, 0.15) is 0 Å². The van der Waals surface area contributed by atoms with E-state index in [9.17, 15) is 9.13 Å². The van der Waals surface area contributed by atoms with Crippen molar-refractivity contribution in [2.45, 2.75) is 51.0 Å². The van der Waals surface area contributed by atoms with Gasteiger partial charge in [0.25, 0.3) is 0 Å². The second-order valence-electron chi connectivity index (χ2n) is 3.93. The molecule has 90 valence electrons. The van der Waals surface area contributed by atoms with Crippen molar-refractivity contribution in [2.24, 2.45) is 0 Å². The summed E-state index contributed by atoms with van der Waals surface area (Å²) in [5.74, 6) is 0. The molecule has 0 aromatic heterocycles. The Morgan fingerprint density at radius 3 is 2.06 bits per heavy atom. The predicted molar refractivity (Wildman–Crippen MR) is 56.9 cm³/mol. The molecule has 6 nitrogen and oxygen atoms in total. The van der Waals surface area contributed by atoms with Crippen LogP contribution < -0.4 is 5.32 Å². The molecule has 1 saturated carbocycles. The monoisotopic (exact) mass is 267 g/mol. The first-order chi connectivity index (χ1) is 7.74. The van der Waals surface area contributed by atoms with Crippen LogP contribution >= 0.6 is 16.5 Å². The summed E-state index contributed by atoms with van der Waals surface area (Å²) in [6.07, 6.45) is 6.03. The second-order valence-corrected chi connectivity index (χ2v) is 5.90. The van der Waals surface area contributed by atoms with Gasteiger partial charge in [0.05, 0.1) is 0 Å². The molecule has 2 atom stereocenters. The summed E-state index contributed by atoms with van der Waals surface area (Å²) in [5, 5.41) is 3.07. The van der Waals surface area contributed by atoms with Crippen LogP contribution in [0.2, 0.25) is 0 Å². The van der Waals surface area contributed by atoms with Crippen LogP contribution in [-0.2, 0) is 22.5 Å². The van der Waals surface area contributed by atoms with Gasteiger partial charge in [-0.25, -0.2) is 0 Å². The lowest BCUT2D eigenvalue weighted by molar-refractivity contribution is -0.0488. The molecule has 2 rings (SSSR count). The van der Waals surface area contributed by atoms with E-state index in [2.05, 4.69) is 9.63 Å². The van der Waals surface area contributed by atoms with E-state index in [0.717, 1.165) is 12.8 Å². The minimum absolute atomic E-state index is 0.275. The smallest absolute Gasteiger partial charge is 0.258 e. The molecule has 16 heavy (non-hydrogen) atoms. The van der Waals surface area contributed by atoms with E-state index in [1.165, 1.54) is 25.7 Å². The molecule has 2 unspecified atom stereocenters. The van der Waals surface area contributed by atoms with E-state index in [4.69, 9.17) is 9.05 Å². The maximum atomic E-state index is 11.0. The van der Waals surface area contributed by atoms with Crippen LogP contribution in [0.3, 0.4) is 0 Å². The van der Waals surface area contributed by atoms with Gasteiger partial charge in [0, 0.05) is 15.2 Å². The molecule has 1 N–H and O–H groups in total.